The van der Waals surface area contributed by atoms with E-state index in [1.165, 1.54) is 0 Å². The summed E-state index contributed by atoms with van der Waals surface area (Å²) < 4.78 is 26.6. The van der Waals surface area contributed by atoms with Gasteiger partial charge in [0.1, 0.15) is 23.0 Å². The number of methoxy groups -OCH3 is 1. The largest absolute Gasteiger partial charge is 3.00 e. The average molecular weight is 1530 g/mol. The molecule has 6 rings (SSSR count). The quantitative estimate of drug-likeness (QED) is 0.0146. The topological polar surface area (TPSA) is 294 Å². The second-order valence-electron chi connectivity index (χ2n) is 15.4. The predicted octanol–water partition coefficient (Wildman–Crippen LogP) is 10.1. The van der Waals surface area contributed by atoms with E-state index in [2.05, 4.69) is 4.74 Å². The Morgan fingerprint density at radius 2 is 0.577 bits per heavy atom. The fourth-order valence-electron chi connectivity index (χ4n) is 5.62. The predicted molar refractivity (Wildman–Crippen MR) is 299 cm³/mol. The first kappa shape index (κ1) is 72.7. The summed E-state index contributed by atoms with van der Waals surface area (Å²) in [5, 5.41) is 38.5. The van der Waals surface area contributed by atoms with Crippen LogP contribution in [0.25, 0.3) is 22.9 Å². The van der Waals surface area contributed by atoms with Gasteiger partial charge in [0.2, 0.25) is 0 Å². The van der Waals surface area contributed by atoms with Crippen molar-refractivity contribution in [2.45, 2.75) is 38.5 Å². The van der Waals surface area contributed by atoms with Crippen molar-refractivity contribution in [3.8, 4) is 23.0 Å². The first-order chi connectivity index (χ1) is 36.3. The summed E-state index contributed by atoms with van der Waals surface area (Å²) >= 11 is 0. The number of rotatable bonds is 22. The third-order valence-corrected chi connectivity index (χ3v) is 9.56. The van der Waals surface area contributed by atoms with Crippen molar-refractivity contribution in [2.75, 3.05) is 33.5 Å². The van der Waals surface area contributed by atoms with Gasteiger partial charge in [0.05, 0.1) is 39.5 Å². The zero-order valence-electron chi connectivity index (χ0n) is 43.0. The Hall–Kier alpha value is -7.41. The van der Waals surface area contributed by atoms with Gasteiger partial charge in [0.15, 0.2) is 0 Å². The maximum Gasteiger partial charge on any atom is 3.00 e. The molecular formula is C59H65IIr2N8O8. The zero-order valence-corrected chi connectivity index (χ0v) is 50.0. The van der Waals surface area contributed by atoms with Crippen molar-refractivity contribution in [2.24, 2.45) is 0 Å². The minimum atomic E-state index is -1.42. The molecule has 4 aromatic carbocycles. The Kier molecular flexibility index (Phi) is 43.6. The van der Waals surface area contributed by atoms with Gasteiger partial charge < -0.3 is 102 Å². The number of unbranched alkanes of at least 4 members (excludes halogenated alkanes) is 4. The number of carboxylic acids is 1. The number of halogens is 1. The number of amidine groups is 4. The number of nitrogens with one attached hydrogen (secondary N) is 8. The fourth-order valence-corrected chi connectivity index (χ4v) is 5.62. The molecule has 0 atom stereocenters. The average Bonchev–Trinajstić information content (AvgIpc) is 3.38. The Bertz CT molecular complexity index is 2250. The number of allylic oxidation sites excluding steroid dienone is 16. The van der Waals surface area contributed by atoms with Gasteiger partial charge in [-0.2, -0.15) is 0 Å². The molecule has 0 aliphatic heterocycles. The summed E-state index contributed by atoms with van der Waals surface area (Å²) in [5.74, 6) is 0.0985. The van der Waals surface area contributed by atoms with Crippen LogP contribution in [0.1, 0.15) is 60.8 Å². The Morgan fingerprint density at radius 1 is 0.385 bits per heavy atom. The van der Waals surface area contributed by atoms with Crippen LogP contribution in [0, 0.1) is 21.6 Å². The number of aliphatic carboxylic acids is 1. The fraction of sp³-hybridized carbons (Fsp3) is 0.186. The molecule has 4 aromatic rings. The van der Waals surface area contributed by atoms with E-state index >= 15 is 0 Å². The molecule has 78 heavy (non-hydrogen) atoms. The zero-order chi connectivity index (χ0) is 54.7. The molecule has 0 spiro atoms. The standard InChI is InChI=1S/2C19H22N4O2.2C8H8.C5H6O4.HI.2Ir/c2*20-18(21)14-4-8-16(9-5-14)24-12-2-1-3-13-25-17-10-6-15(7-11-17)19(22)23;2*1-2-4-6-8-7-5-3-1;1-9-5(8)3-2-4(6)7;;;/h2*4-11H,1-3,12-13H2,(H4-2,20,21,22,23);2*1-8H;2-3H,1H3,(H,6,7);1H;;/q2*-2;;;;;2*+3/p-2/b;;2*2-1-,3-1?,4-2?,5-3-,6-4-,7-5?,8-6?,8-7-;3-2+;;;. The van der Waals surface area contributed by atoms with Crippen molar-refractivity contribution in [3.05, 3.63) is 252 Å². The van der Waals surface area contributed by atoms with Crippen LogP contribution >= 0.6 is 0 Å². The Morgan fingerprint density at radius 3 is 0.731 bits per heavy atom. The van der Waals surface area contributed by atoms with Gasteiger partial charge in [-0.1, -0.05) is 169 Å². The summed E-state index contributed by atoms with van der Waals surface area (Å²) in [4.78, 5) is 19.7. The van der Waals surface area contributed by atoms with Crippen molar-refractivity contribution >= 4 is 35.3 Å². The van der Waals surface area contributed by atoms with Gasteiger partial charge >= 0.3 is 46.2 Å². The van der Waals surface area contributed by atoms with Crippen molar-refractivity contribution in [3.63, 3.8) is 0 Å². The van der Waals surface area contributed by atoms with E-state index in [9.17, 15) is 14.7 Å². The monoisotopic (exact) mass is 1530 g/mol. The Labute approximate surface area is 502 Å². The molecule has 0 radical (unpaired) electrons. The van der Waals surface area contributed by atoms with E-state index in [-0.39, 0.29) is 87.5 Å². The van der Waals surface area contributed by atoms with Gasteiger partial charge in [-0.15, -0.1) is 0 Å². The van der Waals surface area contributed by atoms with Crippen LogP contribution in [-0.2, 0) is 54.5 Å². The Balaban J connectivity index is 0. The summed E-state index contributed by atoms with van der Waals surface area (Å²) in [6, 6.07) is 27.9. The van der Waals surface area contributed by atoms with Gasteiger partial charge in [0.25, 0.3) is 0 Å². The molecule has 2 aliphatic rings. The maximum absolute atomic E-state index is 10.1. The number of hydrogen-bond acceptors (Lipinski definition) is 12. The molecule has 19 heteroatoms. The molecule has 2 aliphatic carbocycles. The van der Waals surface area contributed by atoms with Gasteiger partial charge in [-0.25, -0.2) is 4.79 Å². The summed E-state index contributed by atoms with van der Waals surface area (Å²) in [6.45, 7) is 2.49. The molecular weight excluding hydrogens is 1460 g/mol. The van der Waals surface area contributed by atoms with Gasteiger partial charge in [0, 0.05) is 6.08 Å². The first-order valence-electron chi connectivity index (χ1n) is 23.7. The number of carbonyl (C=O) groups excluding carboxylic acids is 2. The molecule has 0 fully saturated rings. The molecule has 0 unspecified atom stereocenters. The van der Waals surface area contributed by atoms with Crippen molar-refractivity contribution in [1.29, 1.82) is 21.6 Å². The second kappa shape index (κ2) is 46.9. The van der Waals surface area contributed by atoms with E-state index in [1.54, 1.807) is 97.1 Å². The van der Waals surface area contributed by atoms with Gasteiger partial charge in [-0.3, -0.25) is 0 Å². The molecule has 0 heterocycles. The van der Waals surface area contributed by atoms with Crippen LogP contribution in [0.4, 0.5) is 0 Å². The van der Waals surface area contributed by atoms with E-state index in [0.717, 1.165) is 74.7 Å². The van der Waals surface area contributed by atoms with Crippen molar-refractivity contribution in [1.82, 2.24) is 0 Å². The summed E-state index contributed by atoms with van der Waals surface area (Å²) in [6.07, 6.45) is 39.1. The minimum absolute atomic E-state index is 0. The number of benzene rings is 4. The molecule has 8 N–H and O–H groups in total. The molecule has 0 amide bonds. The first-order valence-corrected chi connectivity index (χ1v) is 23.7. The number of carboxylic acid groups (broad SMARTS) is 1. The van der Waals surface area contributed by atoms with E-state index in [0.29, 0.717) is 54.8 Å². The summed E-state index contributed by atoms with van der Waals surface area (Å²) in [5.41, 5.74) is 31.2. The van der Waals surface area contributed by atoms with Gasteiger partial charge in [-0.05, 0) is 115 Å². The molecule has 0 aromatic heterocycles. The smallest absolute Gasteiger partial charge is 1.00 e. The number of hydrogen-bond donors (Lipinski definition) is 4. The van der Waals surface area contributed by atoms with Crippen LogP contribution < -0.4 is 48.0 Å². The molecule has 16 nitrogen and oxygen atoms in total. The van der Waals surface area contributed by atoms with E-state index in [4.69, 9.17) is 63.5 Å². The van der Waals surface area contributed by atoms with E-state index in [1.807, 2.05) is 97.2 Å². The molecule has 0 bridgehead atoms. The SMILES string of the molecule is C1=C\C=C/C=C\C=C/1.C1=C\C=C/C=C\C=C/1.COC(=O)/C=C/C(=O)[O-].N=C([NH-])c1ccc(OCCCCCOc2ccc(C(=N)[NH-])cc2)cc1.N=C([NH-])c1ccc(OCCCCCOc2ccc(C(=N)[NH-])cc2)cc1.[I-].[Ir+3].[Ir+3]. The van der Waals surface area contributed by atoms with Crippen molar-refractivity contribution < 1.29 is 103 Å². The minimum Gasteiger partial charge on any atom is -1.00 e. The molecule has 0 saturated carbocycles. The number of esters is 1. The normalized spacial score (nSPS) is 14.2. The van der Waals surface area contributed by atoms with Crippen LogP contribution in [0.5, 0.6) is 23.0 Å². The van der Waals surface area contributed by atoms with Crippen LogP contribution in [0.2, 0.25) is 0 Å². The third kappa shape index (κ3) is 37.4. The maximum atomic E-state index is 10.1. The molecule has 414 valence electrons. The number of ether oxygens (including phenoxy) is 5. The summed E-state index contributed by atoms with van der Waals surface area (Å²) in [7, 11) is 1.15. The van der Waals surface area contributed by atoms with Crippen LogP contribution in [-0.4, -0.2) is 68.8 Å². The number of carbonyl (C=O) groups is 2. The second-order valence-corrected chi connectivity index (χ2v) is 15.4. The third-order valence-electron chi connectivity index (χ3n) is 9.56. The van der Waals surface area contributed by atoms with Crippen LogP contribution in [0.3, 0.4) is 0 Å². The van der Waals surface area contributed by atoms with Crippen LogP contribution in [0.15, 0.2) is 206 Å². The molecule has 0 saturated heterocycles. The van der Waals surface area contributed by atoms with E-state index < -0.39 is 11.9 Å².